The van der Waals surface area contributed by atoms with E-state index in [9.17, 15) is 9.59 Å². The van der Waals surface area contributed by atoms with E-state index in [2.05, 4.69) is 5.10 Å². The molecule has 0 amide bonds. The molecule has 0 aliphatic rings. The molecule has 1 heterocycles. The molecule has 0 bridgehead atoms. The van der Waals surface area contributed by atoms with Crippen LogP contribution in [-0.4, -0.2) is 21.7 Å². The van der Waals surface area contributed by atoms with E-state index >= 15 is 0 Å². The molecule has 0 aliphatic heterocycles. The molecular weight excluding hydrogens is 416 g/mol. The van der Waals surface area contributed by atoms with E-state index in [4.69, 9.17) is 9.47 Å². The van der Waals surface area contributed by atoms with Crippen molar-refractivity contribution in [2.24, 2.45) is 0 Å². The van der Waals surface area contributed by atoms with E-state index in [-0.39, 0.29) is 0 Å². The molecule has 0 fully saturated rings. The van der Waals surface area contributed by atoms with Crippen molar-refractivity contribution >= 4 is 11.9 Å². The Labute approximate surface area is 192 Å². The number of ether oxygens (including phenoxy) is 2. The molecule has 33 heavy (non-hydrogen) atoms. The van der Waals surface area contributed by atoms with Crippen molar-refractivity contribution in [2.45, 2.75) is 25.7 Å². The molecule has 0 N–H and O–H groups in total. The Morgan fingerprint density at radius 2 is 1.09 bits per heavy atom. The smallest absolute Gasteiger partial charge is 0.306 e. The van der Waals surface area contributed by atoms with Crippen LogP contribution in [0.4, 0.5) is 0 Å². The van der Waals surface area contributed by atoms with Crippen LogP contribution in [0.5, 0.6) is 0 Å². The van der Waals surface area contributed by atoms with Crippen LogP contribution < -0.4 is 0 Å². The van der Waals surface area contributed by atoms with Gasteiger partial charge >= 0.3 is 11.9 Å². The average Bonchev–Trinajstić information content (AvgIpc) is 3.31. The molecule has 1 aromatic heterocycles. The molecule has 0 radical (unpaired) electrons. The van der Waals surface area contributed by atoms with E-state index in [1.54, 1.807) is 16.9 Å². The number of aromatic nitrogens is 2. The van der Waals surface area contributed by atoms with Crippen molar-refractivity contribution in [3.05, 3.63) is 126 Å². The minimum Gasteiger partial charge on any atom is -0.419 e. The maximum absolute atomic E-state index is 11.9. The van der Waals surface area contributed by atoms with E-state index in [0.717, 1.165) is 16.7 Å². The molecule has 0 saturated heterocycles. The van der Waals surface area contributed by atoms with Crippen molar-refractivity contribution in [2.75, 3.05) is 0 Å². The zero-order valence-electron chi connectivity index (χ0n) is 18.4. The highest BCUT2D eigenvalue weighted by atomic mass is 16.7. The summed E-state index contributed by atoms with van der Waals surface area (Å²) in [7, 11) is 0. The highest BCUT2D eigenvalue weighted by molar-refractivity contribution is 5.68. The molecule has 4 aromatic rings. The molecule has 0 aliphatic carbocycles. The third kappa shape index (κ3) is 4.28. The van der Waals surface area contributed by atoms with Crippen LogP contribution in [0, 0.1) is 0 Å². The van der Waals surface area contributed by atoms with Gasteiger partial charge in [0, 0.05) is 20.0 Å². The molecule has 4 rings (SSSR count). The summed E-state index contributed by atoms with van der Waals surface area (Å²) >= 11 is 0. The van der Waals surface area contributed by atoms with E-state index in [0.29, 0.717) is 5.69 Å². The SMILES string of the molecule is CC(=O)OC(OC(C)=O)c1ccnn1C(c1ccccc1)(c1ccccc1)c1ccccc1. The van der Waals surface area contributed by atoms with Gasteiger partial charge in [-0.15, -0.1) is 0 Å². The van der Waals surface area contributed by atoms with Gasteiger partial charge < -0.3 is 9.47 Å². The minimum atomic E-state index is -1.25. The number of esters is 2. The van der Waals surface area contributed by atoms with E-state index in [1.165, 1.54) is 13.8 Å². The number of benzene rings is 3. The second kappa shape index (κ2) is 9.53. The maximum Gasteiger partial charge on any atom is 0.306 e. The van der Waals surface area contributed by atoms with Crippen LogP contribution in [0.2, 0.25) is 0 Å². The summed E-state index contributed by atoms with van der Waals surface area (Å²) in [6.45, 7) is 2.55. The van der Waals surface area contributed by atoms with Crippen molar-refractivity contribution < 1.29 is 19.1 Å². The molecule has 0 spiro atoms. The van der Waals surface area contributed by atoms with Gasteiger partial charge in [-0.2, -0.15) is 5.10 Å². The Kier molecular flexibility index (Phi) is 6.36. The van der Waals surface area contributed by atoms with Gasteiger partial charge in [-0.3, -0.25) is 9.59 Å². The summed E-state index contributed by atoms with van der Waals surface area (Å²) in [5.74, 6) is -1.14. The average molecular weight is 440 g/mol. The van der Waals surface area contributed by atoms with Gasteiger partial charge in [-0.1, -0.05) is 91.0 Å². The fraction of sp³-hybridized carbons (Fsp3) is 0.148. The number of carbonyl (C=O) groups is 2. The van der Waals surface area contributed by atoms with Crippen LogP contribution in [-0.2, 0) is 24.6 Å². The number of hydrogen-bond acceptors (Lipinski definition) is 5. The lowest BCUT2D eigenvalue weighted by atomic mass is 9.77. The van der Waals surface area contributed by atoms with Gasteiger partial charge in [-0.25, -0.2) is 4.68 Å². The highest BCUT2D eigenvalue weighted by Crippen LogP contribution is 2.42. The first-order valence-corrected chi connectivity index (χ1v) is 10.6. The highest BCUT2D eigenvalue weighted by Gasteiger charge is 2.42. The summed E-state index contributed by atoms with van der Waals surface area (Å²) in [6, 6.07) is 31.5. The summed E-state index contributed by atoms with van der Waals surface area (Å²) < 4.78 is 12.6. The van der Waals surface area contributed by atoms with Crippen molar-refractivity contribution in [3.63, 3.8) is 0 Å². The molecule has 0 atom stereocenters. The quantitative estimate of drug-likeness (QED) is 0.233. The summed E-state index contributed by atoms with van der Waals surface area (Å²) in [6.07, 6.45) is 0.358. The Balaban J connectivity index is 2.07. The van der Waals surface area contributed by atoms with Gasteiger partial charge in [0.15, 0.2) is 0 Å². The second-order valence-corrected chi connectivity index (χ2v) is 7.53. The lowest BCUT2D eigenvalue weighted by Crippen LogP contribution is -2.40. The fourth-order valence-electron chi connectivity index (χ4n) is 4.12. The predicted molar refractivity (Wildman–Crippen MR) is 123 cm³/mol. The molecule has 6 nitrogen and oxygen atoms in total. The molecular formula is C27H24N2O4. The van der Waals surface area contributed by atoms with Crippen LogP contribution in [0.1, 0.15) is 42.5 Å². The van der Waals surface area contributed by atoms with Crippen molar-refractivity contribution in [3.8, 4) is 0 Å². The first-order chi connectivity index (χ1) is 16.0. The third-order valence-corrected chi connectivity index (χ3v) is 5.35. The van der Waals surface area contributed by atoms with Crippen molar-refractivity contribution in [1.29, 1.82) is 0 Å². The Morgan fingerprint density at radius 3 is 1.45 bits per heavy atom. The fourth-order valence-corrected chi connectivity index (χ4v) is 4.12. The number of carbonyl (C=O) groups excluding carboxylic acids is 2. The normalized spacial score (nSPS) is 11.2. The van der Waals surface area contributed by atoms with Gasteiger partial charge in [-0.05, 0) is 22.8 Å². The zero-order chi connectivity index (χ0) is 23.3. The number of hydrogen-bond donors (Lipinski definition) is 0. The predicted octanol–water partition coefficient (Wildman–Crippen LogP) is 4.85. The lowest BCUT2D eigenvalue weighted by Gasteiger charge is -2.38. The number of nitrogens with zero attached hydrogens (tertiary/aromatic N) is 2. The standard InChI is InChI=1S/C27H24N2O4/c1-20(30)32-26(33-21(2)31)25-18-19-28-29(25)27(22-12-6-3-7-13-22,23-14-8-4-9-15-23)24-16-10-5-11-17-24/h3-19,26H,1-2H3. The molecule has 3 aromatic carbocycles. The molecule has 0 unspecified atom stereocenters. The number of rotatable bonds is 7. The van der Waals surface area contributed by atoms with Gasteiger partial charge in [0.2, 0.25) is 0 Å². The summed E-state index contributed by atoms with van der Waals surface area (Å²) in [5, 5.41) is 4.69. The van der Waals surface area contributed by atoms with Crippen LogP contribution >= 0.6 is 0 Å². The summed E-state index contributed by atoms with van der Waals surface area (Å²) in [4.78, 5) is 23.7. The van der Waals surface area contributed by atoms with E-state index < -0.39 is 23.8 Å². The van der Waals surface area contributed by atoms with E-state index in [1.807, 2.05) is 91.0 Å². The molecule has 0 saturated carbocycles. The lowest BCUT2D eigenvalue weighted by molar-refractivity contribution is -0.188. The molecule has 166 valence electrons. The Morgan fingerprint density at radius 1 is 0.697 bits per heavy atom. The monoisotopic (exact) mass is 440 g/mol. The summed E-state index contributed by atoms with van der Waals surface area (Å²) in [5.41, 5.74) is 2.32. The van der Waals surface area contributed by atoms with Crippen LogP contribution in [0.15, 0.2) is 103 Å². The minimum absolute atomic E-state index is 0.428. The maximum atomic E-state index is 11.9. The Hall–Kier alpha value is -4.19. The zero-order valence-corrected chi connectivity index (χ0v) is 18.4. The largest absolute Gasteiger partial charge is 0.419 e. The Bertz CT molecular complexity index is 1110. The van der Waals surface area contributed by atoms with Gasteiger partial charge in [0.05, 0.1) is 0 Å². The van der Waals surface area contributed by atoms with Crippen LogP contribution in [0.3, 0.4) is 0 Å². The van der Waals surface area contributed by atoms with Crippen molar-refractivity contribution in [1.82, 2.24) is 9.78 Å². The second-order valence-electron chi connectivity index (χ2n) is 7.53. The van der Waals surface area contributed by atoms with Crippen LogP contribution in [0.25, 0.3) is 0 Å². The topological polar surface area (TPSA) is 70.4 Å². The van der Waals surface area contributed by atoms with Gasteiger partial charge in [0.25, 0.3) is 6.29 Å². The van der Waals surface area contributed by atoms with Gasteiger partial charge in [0.1, 0.15) is 11.2 Å². The first kappa shape index (κ1) is 22.0. The third-order valence-electron chi connectivity index (χ3n) is 5.35. The molecule has 6 heteroatoms. The first-order valence-electron chi connectivity index (χ1n) is 10.6.